The molecule has 1 aliphatic carbocycles. The summed E-state index contributed by atoms with van der Waals surface area (Å²) < 4.78 is 5.39. The SMILES string of the molecule is CCOc1ccc(NC(=O)[C@H]2CC=CC[C@@H]2C(=O)O)cc1CO. The minimum Gasteiger partial charge on any atom is -0.494 e. The number of aliphatic hydroxyl groups excluding tert-OH is 1. The molecule has 0 aromatic heterocycles. The lowest BCUT2D eigenvalue weighted by Crippen LogP contribution is -2.34. The number of nitrogens with one attached hydrogen (secondary N) is 1. The molecule has 23 heavy (non-hydrogen) atoms. The number of hydrogen-bond acceptors (Lipinski definition) is 4. The molecule has 2 atom stereocenters. The van der Waals surface area contributed by atoms with Crippen molar-refractivity contribution >= 4 is 17.6 Å². The maximum atomic E-state index is 12.4. The molecule has 0 aliphatic heterocycles. The van der Waals surface area contributed by atoms with Crippen molar-refractivity contribution in [2.45, 2.75) is 26.4 Å². The predicted octanol–water partition coefficient (Wildman–Crippen LogP) is 2.18. The third-order valence-electron chi connectivity index (χ3n) is 3.88. The molecule has 1 aromatic carbocycles. The summed E-state index contributed by atoms with van der Waals surface area (Å²) in [6.45, 7) is 2.12. The largest absolute Gasteiger partial charge is 0.494 e. The Bertz CT molecular complexity index is 611. The van der Waals surface area contributed by atoms with E-state index < -0.39 is 17.8 Å². The van der Waals surface area contributed by atoms with Crippen molar-refractivity contribution in [2.75, 3.05) is 11.9 Å². The van der Waals surface area contributed by atoms with Crippen LogP contribution in [-0.2, 0) is 16.2 Å². The van der Waals surface area contributed by atoms with Crippen LogP contribution in [0.2, 0.25) is 0 Å². The molecule has 6 heteroatoms. The summed E-state index contributed by atoms with van der Waals surface area (Å²) in [6, 6.07) is 4.99. The average molecular weight is 319 g/mol. The maximum absolute atomic E-state index is 12.4. The van der Waals surface area contributed by atoms with Gasteiger partial charge in [0.05, 0.1) is 25.0 Å². The van der Waals surface area contributed by atoms with Gasteiger partial charge in [-0.05, 0) is 38.0 Å². The van der Waals surface area contributed by atoms with E-state index in [9.17, 15) is 19.8 Å². The lowest BCUT2D eigenvalue weighted by molar-refractivity contribution is -0.146. The van der Waals surface area contributed by atoms with Crippen molar-refractivity contribution < 1.29 is 24.5 Å². The van der Waals surface area contributed by atoms with Crippen LogP contribution < -0.4 is 10.1 Å². The Morgan fingerprint density at radius 1 is 1.26 bits per heavy atom. The number of carbonyl (C=O) groups excluding carboxylic acids is 1. The van der Waals surface area contributed by atoms with E-state index in [-0.39, 0.29) is 12.5 Å². The van der Waals surface area contributed by atoms with E-state index in [1.165, 1.54) is 0 Å². The molecule has 1 aromatic rings. The minimum absolute atomic E-state index is 0.205. The summed E-state index contributed by atoms with van der Waals surface area (Å²) in [6.07, 6.45) is 4.40. The van der Waals surface area contributed by atoms with Crippen LogP contribution in [0.15, 0.2) is 30.4 Å². The zero-order valence-electron chi connectivity index (χ0n) is 13.0. The van der Waals surface area contributed by atoms with Crippen LogP contribution >= 0.6 is 0 Å². The van der Waals surface area contributed by atoms with Crippen LogP contribution in [0, 0.1) is 11.8 Å². The van der Waals surface area contributed by atoms with Crippen LogP contribution in [-0.4, -0.2) is 28.7 Å². The maximum Gasteiger partial charge on any atom is 0.307 e. The highest BCUT2D eigenvalue weighted by atomic mass is 16.5. The van der Waals surface area contributed by atoms with Gasteiger partial charge in [0.25, 0.3) is 0 Å². The van der Waals surface area contributed by atoms with Gasteiger partial charge in [0.1, 0.15) is 5.75 Å². The smallest absolute Gasteiger partial charge is 0.307 e. The lowest BCUT2D eigenvalue weighted by atomic mass is 9.82. The number of rotatable bonds is 6. The fourth-order valence-corrected chi connectivity index (χ4v) is 2.69. The average Bonchev–Trinajstić information content (AvgIpc) is 2.56. The molecule has 0 spiro atoms. The molecule has 6 nitrogen and oxygen atoms in total. The first-order chi connectivity index (χ1) is 11.1. The third kappa shape index (κ3) is 4.10. The number of aliphatic carboxylic acids is 1. The zero-order valence-corrected chi connectivity index (χ0v) is 13.0. The number of amides is 1. The van der Waals surface area contributed by atoms with E-state index in [1.54, 1.807) is 24.3 Å². The molecule has 3 N–H and O–H groups in total. The van der Waals surface area contributed by atoms with Gasteiger partial charge in [-0.15, -0.1) is 0 Å². The highest BCUT2D eigenvalue weighted by Gasteiger charge is 2.33. The third-order valence-corrected chi connectivity index (χ3v) is 3.88. The lowest BCUT2D eigenvalue weighted by Gasteiger charge is -2.24. The standard InChI is InChI=1S/C17H21NO5/c1-2-23-15-8-7-12(9-11(15)10-19)18-16(20)13-5-3-4-6-14(13)17(21)22/h3-4,7-9,13-14,19H,2,5-6,10H2,1H3,(H,18,20)(H,21,22)/t13-,14-/m0/s1. The summed E-state index contributed by atoms with van der Waals surface area (Å²) in [4.78, 5) is 23.7. The van der Waals surface area contributed by atoms with Crippen molar-refractivity contribution in [3.8, 4) is 5.75 Å². The summed E-state index contributed by atoms with van der Waals surface area (Å²) in [5, 5.41) is 21.4. The molecule has 2 rings (SSSR count). The molecule has 0 bridgehead atoms. The van der Waals surface area contributed by atoms with Crippen molar-refractivity contribution in [3.05, 3.63) is 35.9 Å². The first-order valence-corrected chi connectivity index (χ1v) is 7.62. The Labute approximate surface area is 134 Å². The van der Waals surface area contributed by atoms with Gasteiger partial charge in [0.2, 0.25) is 5.91 Å². The van der Waals surface area contributed by atoms with Gasteiger partial charge >= 0.3 is 5.97 Å². The first-order valence-electron chi connectivity index (χ1n) is 7.62. The number of carboxylic acid groups (broad SMARTS) is 1. The van der Waals surface area contributed by atoms with E-state index in [0.717, 1.165) is 0 Å². The second-order valence-electron chi connectivity index (χ2n) is 5.40. The van der Waals surface area contributed by atoms with E-state index in [0.29, 0.717) is 36.4 Å². The van der Waals surface area contributed by atoms with Gasteiger partial charge in [-0.25, -0.2) is 0 Å². The van der Waals surface area contributed by atoms with Gasteiger partial charge < -0.3 is 20.3 Å². The number of hydrogen-bond donors (Lipinski definition) is 3. The first kappa shape index (κ1) is 17.0. The summed E-state index contributed by atoms with van der Waals surface area (Å²) >= 11 is 0. The van der Waals surface area contributed by atoms with Crippen molar-refractivity contribution in [1.82, 2.24) is 0 Å². The van der Waals surface area contributed by atoms with Gasteiger partial charge in [-0.3, -0.25) is 9.59 Å². The molecular weight excluding hydrogens is 298 g/mol. The quantitative estimate of drug-likeness (QED) is 0.699. The molecule has 124 valence electrons. The second kappa shape index (κ2) is 7.78. The Kier molecular flexibility index (Phi) is 5.76. The fourth-order valence-electron chi connectivity index (χ4n) is 2.69. The Morgan fingerprint density at radius 2 is 1.96 bits per heavy atom. The molecule has 0 radical (unpaired) electrons. The van der Waals surface area contributed by atoms with Gasteiger partial charge in [-0.1, -0.05) is 12.2 Å². The zero-order chi connectivity index (χ0) is 16.8. The summed E-state index contributed by atoms with van der Waals surface area (Å²) in [5.74, 6) is -2.02. The normalized spacial score (nSPS) is 20.1. The molecule has 0 fully saturated rings. The number of carboxylic acids is 1. The summed E-state index contributed by atoms with van der Waals surface area (Å²) in [7, 11) is 0. The number of aliphatic hydroxyl groups is 1. The van der Waals surface area contributed by atoms with Crippen LogP contribution in [0.5, 0.6) is 5.75 Å². The van der Waals surface area contributed by atoms with Gasteiger partial charge in [0.15, 0.2) is 0 Å². The topological polar surface area (TPSA) is 95.9 Å². The van der Waals surface area contributed by atoms with Crippen LogP contribution in [0.25, 0.3) is 0 Å². The minimum atomic E-state index is -0.961. The Hall–Kier alpha value is -2.34. The highest BCUT2D eigenvalue weighted by molar-refractivity contribution is 5.95. The molecular formula is C17H21NO5. The molecule has 1 amide bonds. The van der Waals surface area contributed by atoms with Crippen LogP contribution in [0.4, 0.5) is 5.69 Å². The fraction of sp³-hybridized carbons (Fsp3) is 0.412. The van der Waals surface area contributed by atoms with Gasteiger partial charge in [-0.2, -0.15) is 0 Å². The second-order valence-corrected chi connectivity index (χ2v) is 5.40. The van der Waals surface area contributed by atoms with Crippen LogP contribution in [0.3, 0.4) is 0 Å². The van der Waals surface area contributed by atoms with Crippen molar-refractivity contribution in [1.29, 1.82) is 0 Å². The Morgan fingerprint density at radius 3 is 2.57 bits per heavy atom. The number of benzene rings is 1. The monoisotopic (exact) mass is 319 g/mol. The van der Waals surface area contributed by atoms with Gasteiger partial charge in [0, 0.05) is 11.3 Å². The number of ether oxygens (including phenoxy) is 1. The molecule has 0 unspecified atom stereocenters. The van der Waals surface area contributed by atoms with Crippen molar-refractivity contribution in [3.63, 3.8) is 0 Å². The van der Waals surface area contributed by atoms with E-state index in [1.807, 2.05) is 13.0 Å². The van der Waals surface area contributed by atoms with E-state index in [2.05, 4.69) is 5.32 Å². The number of carbonyl (C=O) groups is 2. The Balaban J connectivity index is 2.13. The molecule has 0 saturated carbocycles. The van der Waals surface area contributed by atoms with Crippen molar-refractivity contribution in [2.24, 2.45) is 11.8 Å². The number of anilines is 1. The molecule has 0 saturated heterocycles. The molecule has 1 aliphatic rings. The number of allylic oxidation sites excluding steroid dienone is 2. The van der Waals surface area contributed by atoms with Crippen LogP contribution in [0.1, 0.15) is 25.3 Å². The van der Waals surface area contributed by atoms with E-state index >= 15 is 0 Å². The van der Waals surface area contributed by atoms with E-state index in [4.69, 9.17) is 4.74 Å². The predicted molar refractivity (Wildman–Crippen MR) is 85.2 cm³/mol. The summed E-state index contributed by atoms with van der Waals surface area (Å²) in [5.41, 5.74) is 1.09. The highest BCUT2D eigenvalue weighted by Crippen LogP contribution is 2.28. The molecule has 0 heterocycles.